The molecule has 64 heavy (non-hydrogen) atoms. The van der Waals surface area contributed by atoms with Crippen LogP contribution in [0.2, 0.25) is 0 Å². The second-order valence-electron chi connectivity index (χ2n) is 20.3. The van der Waals surface area contributed by atoms with E-state index in [4.69, 9.17) is 18.5 Å². The van der Waals surface area contributed by atoms with Gasteiger partial charge in [-0.1, -0.05) is 258 Å². The van der Waals surface area contributed by atoms with Crippen molar-refractivity contribution in [2.24, 2.45) is 0 Å². The Labute approximate surface area is 397 Å². The predicted molar refractivity (Wildman–Crippen MR) is 269 cm³/mol. The minimum atomic E-state index is -4.61. The van der Waals surface area contributed by atoms with E-state index in [1.165, 1.54) is 218 Å². The lowest BCUT2D eigenvalue weighted by atomic mass is 10.0. The third kappa shape index (κ3) is 50.4. The number of likely N-dealkylation sites (N-methyl/N-ethyl adjacent to an activating group) is 1. The predicted octanol–water partition coefficient (Wildman–Crippen LogP) is 16.1. The number of phosphoric ester groups is 1. The Kier molecular flexibility index (Phi) is 46.4. The van der Waals surface area contributed by atoms with Gasteiger partial charge in [-0.2, -0.15) is 0 Å². The first-order chi connectivity index (χ1) is 31.0. The molecule has 0 aliphatic heterocycles. The summed E-state index contributed by atoms with van der Waals surface area (Å²) in [5.41, 5.74) is 0. The Morgan fingerprint density at radius 3 is 1.00 bits per heavy atom. The van der Waals surface area contributed by atoms with Crippen LogP contribution >= 0.6 is 7.82 Å². The van der Waals surface area contributed by atoms with Crippen LogP contribution in [0.5, 0.6) is 0 Å². The molecule has 0 amide bonds. The maximum absolute atomic E-state index is 12.7. The van der Waals surface area contributed by atoms with Crippen molar-refractivity contribution in [3.63, 3.8) is 0 Å². The molecule has 0 aromatic rings. The summed E-state index contributed by atoms with van der Waals surface area (Å²) in [5.74, 6) is -0.824. The highest BCUT2D eigenvalue weighted by Crippen LogP contribution is 2.38. The topological polar surface area (TPSA) is 111 Å². The minimum Gasteiger partial charge on any atom is -0.756 e. The number of esters is 2. The molecule has 2 unspecified atom stereocenters. The second-order valence-corrected chi connectivity index (χ2v) is 21.7. The monoisotopic (exact) mass is 930 g/mol. The maximum atomic E-state index is 12.7. The highest BCUT2D eigenvalue weighted by molar-refractivity contribution is 7.45. The molecule has 0 rings (SSSR count). The van der Waals surface area contributed by atoms with Gasteiger partial charge < -0.3 is 27.9 Å². The number of quaternary nitrogens is 1. The van der Waals surface area contributed by atoms with Gasteiger partial charge in [0, 0.05) is 12.8 Å². The van der Waals surface area contributed by atoms with E-state index in [2.05, 4.69) is 13.8 Å². The number of hydrogen-bond donors (Lipinski definition) is 0. The summed E-state index contributed by atoms with van der Waals surface area (Å²) in [5, 5.41) is 0. The zero-order chi connectivity index (χ0) is 47.1. The first-order valence-corrected chi connectivity index (χ1v) is 29.2. The smallest absolute Gasteiger partial charge is 0.306 e. The van der Waals surface area contributed by atoms with Crippen LogP contribution in [0.4, 0.5) is 0 Å². The van der Waals surface area contributed by atoms with Crippen LogP contribution in [0.3, 0.4) is 0 Å². The lowest BCUT2D eigenvalue weighted by molar-refractivity contribution is -0.870. The fourth-order valence-corrected chi connectivity index (χ4v) is 9.03. The molecule has 2 atom stereocenters. The number of hydrogen-bond acceptors (Lipinski definition) is 8. The van der Waals surface area contributed by atoms with Crippen LogP contribution in [0.25, 0.3) is 0 Å². The molecule has 10 heteroatoms. The Balaban J connectivity index is 3.82. The van der Waals surface area contributed by atoms with Gasteiger partial charge >= 0.3 is 11.9 Å². The molecule has 0 N–H and O–H groups in total. The van der Waals surface area contributed by atoms with Gasteiger partial charge in [-0.15, -0.1) is 0 Å². The third-order valence-corrected chi connectivity index (χ3v) is 13.6. The Bertz CT molecular complexity index is 1050. The molecule has 0 aromatic carbocycles. The molecule has 0 fully saturated rings. The SMILES string of the molecule is CCCCCCCCCCCCCCCCCCCCCCCCCCCCCCCCCCCC(=O)OC(COC(=O)CCCCCCCCC)COP(=O)([O-])OCC[N+](C)(C)C. The Morgan fingerprint density at radius 2 is 0.703 bits per heavy atom. The number of carbonyl (C=O) groups is 2. The summed E-state index contributed by atoms with van der Waals surface area (Å²) in [7, 11) is 1.18. The summed E-state index contributed by atoms with van der Waals surface area (Å²) in [6.07, 6.45) is 52.1. The third-order valence-electron chi connectivity index (χ3n) is 12.6. The van der Waals surface area contributed by atoms with Crippen molar-refractivity contribution in [2.75, 3.05) is 47.5 Å². The van der Waals surface area contributed by atoms with E-state index in [-0.39, 0.29) is 32.0 Å². The summed E-state index contributed by atoms with van der Waals surface area (Å²) >= 11 is 0. The molecular formula is C54H108NO8P. The van der Waals surface area contributed by atoms with Crippen molar-refractivity contribution in [1.29, 1.82) is 0 Å². The van der Waals surface area contributed by atoms with E-state index in [1.54, 1.807) is 0 Å². The molecule has 0 aliphatic rings. The number of carbonyl (C=O) groups excluding carboxylic acids is 2. The fourth-order valence-electron chi connectivity index (χ4n) is 8.31. The zero-order valence-corrected chi connectivity index (χ0v) is 44.2. The molecule has 0 aliphatic carbocycles. The number of phosphoric acid groups is 1. The van der Waals surface area contributed by atoms with Crippen LogP contribution in [0.1, 0.15) is 284 Å². The van der Waals surface area contributed by atoms with Gasteiger partial charge in [-0.3, -0.25) is 14.2 Å². The van der Waals surface area contributed by atoms with Crippen molar-refractivity contribution in [3.8, 4) is 0 Å². The molecule has 0 aromatic heterocycles. The molecule has 0 radical (unpaired) electrons. The summed E-state index contributed by atoms with van der Waals surface area (Å²) in [6.45, 7) is 4.23. The minimum absolute atomic E-state index is 0.0259. The number of rotatable bonds is 52. The van der Waals surface area contributed by atoms with E-state index in [0.29, 0.717) is 17.4 Å². The zero-order valence-electron chi connectivity index (χ0n) is 43.3. The van der Waals surface area contributed by atoms with Crippen LogP contribution in [-0.4, -0.2) is 70.0 Å². The molecule has 0 saturated carbocycles. The highest BCUT2D eigenvalue weighted by Gasteiger charge is 2.22. The van der Waals surface area contributed by atoms with Crippen LogP contribution in [0, 0.1) is 0 Å². The van der Waals surface area contributed by atoms with Gasteiger partial charge in [0.25, 0.3) is 7.82 Å². The molecule has 382 valence electrons. The van der Waals surface area contributed by atoms with E-state index in [0.717, 1.165) is 32.1 Å². The van der Waals surface area contributed by atoms with Crippen molar-refractivity contribution < 1.29 is 42.1 Å². The largest absolute Gasteiger partial charge is 0.756 e. The Hall–Kier alpha value is -0.990. The van der Waals surface area contributed by atoms with E-state index in [1.807, 2.05) is 21.1 Å². The van der Waals surface area contributed by atoms with Crippen molar-refractivity contribution in [2.45, 2.75) is 290 Å². The van der Waals surface area contributed by atoms with Gasteiger partial charge in [0.05, 0.1) is 27.7 Å². The molecule has 0 saturated heterocycles. The quantitative estimate of drug-likeness (QED) is 0.0257. The second kappa shape index (κ2) is 47.1. The summed E-state index contributed by atoms with van der Waals surface area (Å²) in [6, 6.07) is 0. The normalized spacial score (nSPS) is 13.3. The van der Waals surface area contributed by atoms with E-state index >= 15 is 0 Å². The number of ether oxygens (including phenoxy) is 2. The average molecular weight is 930 g/mol. The molecular weight excluding hydrogens is 822 g/mol. The highest BCUT2D eigenvalue weighted by atomic mass is 31.2. The molecule has 0 bridgehead atoms. The van der Waals surface area contributed by atoms with Crippen LogP contribution in [0.15, 0.2) is 0 Å². The molecule has 0 spiro atoms. The fraction of sp³-hybridized carbons (Fsp3) is 0.963. The van der Waals surface area contributed by atoms with Gasteiger partial charge in [0.15, 0.2) is 6.10 Å². The molecule has 0 heterocycles. The van der Waals surface area contributed by atoms with Crippen molar-refractivity contribution in [1.82, 2.24) is 0 Å². The molecule has 9 nitrogen and oxygen atoms in total. The maximum Gasteiger partial charge on any atom is 0.306 e. The first kappa shape index (κ1) is 63.0. The number of unbranched alkanes of at least 4 members (excludes halogenated alkanes) is 38. The van der Waals surface area contributed by atoms with Crippen LogP contribution < -0.4 is 4.89 Å². The van der Waals surface area contributed by atoms with Gasteiger partial charge in [0.2, 0.25) is 0 Å². The lowest BCUT2D eigenvalue weighted by Crippen LogP contribution is -2.37. The van der Waals surface area contributed by atoms with E-state index in [9.17, 15) is 19.0 Å². The van der Waals surface area contributed by atoms with Crippen LogP contribution in [-0.2, 0) is 32.7 Å². The summed E-state index contributed by atoms with van der Waals surface area (Å²) < 4.78 is 33.9. The van der Waals surface area contributed by atoms with Crippen molar-refractivity contribution in [3.05, 3.63) is 0 Å². The van der Waals surface area contributed by atoms with Gasteiger partial charge in [-0.25, -0.2) is 0 Å². The Morgan fingerprint density at radius 1 is 0.422 bits per heavy atom. The summed E-state index contributed by atoms with van der Waals surface area (Å²) in [4.78, 5) is 37.4. The van der Waals surface area contributed by atoms with Gasteiger partial charge in [-0.05, 0) is 12.8 Å². The van der Waals surface area contributed by atoms with Crippen molar-refractivity contribution >= 4 is 19.8 Å². The number of nitrogens with zero attached hydrogens (tertiary/aromatic N) is 1. The lowest BCUT2D eigenvalue weighted by Gasteiger charge is -2.28. The standard InChI is InChI=1S/C54H108NO8P/c1-6-8-10-12-14-15-16-17-18-19-20-21-22-23-24-25-26-27-28-29-30-31-32-33-34-35-36-37-38-39-41-43-45-47-54(57)63-52(51-62-64(58,59)61-49-48-55(3,4)5)50-60-53(56)46-44-42-40-13-11-9-7-2/h52H,6-51H2,1-5H3. The van der Waals surface area contributed by atoms with Gasteiger partial charge in [0.1, 0.15) is 19.8 Å². The van der Waals surface area contributed by atoms with E-state index < -0.39 is 26.5 Å². The first-order valence-electron chi connectivity index (χ1n) is 27.7. The average Bonchev–Trinajstić information content (AvgIpc) is 3.25.